The molecule has 0 aliphatic carbocycles. The fourth-order valence-corrected chi connectivity index (χ4v) is 4.89. The second-order valence-electron chi connectivity index (χ2n) is 8.34. The average Bonchev–Trinajstić information content (AvgIpc) is 3.29. The summed E-state index contributed by atoms with van der Waals surface area (Å²) in [5, 5.41) is 7.16. The quantitative estimate of drug-likeness (QED) is 0.456. The van der Waals surface area contributed by atoms with Crippen molar-refractivity contribution in [1.82, 2.24) is 20.2 Å². The van der Waals surface area contributed by atoms with Gasteiger partial charge in [0.2, 0.25) is 5.91 Å². The van der Waals surface area contributed by atoms with Crippen molar-refractivity contribution in [1.29, 1.82) is 0 Å². The molecule has 33 heavy (non-hydrogen) atoms. The highest BCUT2D eigenvalue weighted by Gasteiger charge is 2.25. The minimum absolute atomic E-state index is 0.0533. The van der Waals surface area contributed by atoms with E-state index < -0.39 is 6.04 Å². The van der Waals surface area contributed by atoms with E-state index in [1.54, 1.807) is 30.1 Å². The molecule has 0 bridgehead atoms. The molecule has 1 unspecified atom stereocenters. The van der Waals surface area contributed by atoms with Crippen LogP contribution in [0.1, 0.15) is 42.5 Å². The molecule has 1 atom stereocenters. The van der Waals surface area contributed by atoms with Gasteiger partial charge in [0.1, 0.15) is 11.1 Å². The Hall–Kier alpha value is -3.00. The van der Waals surface area contributed by atoms with Crippen molar-refractivity contribution >= 4 is 29.7 Å². The molecule has 2 aliphatic rings. The van der Waals surface area contributed by atoms with Gasteiger partial charge in [-0.15, -0.1) is 0 Å². The number of pyridine rings is 2. The van der Waals surface area contributed by atoms with E-state index in [1.165, 1.54) is 11.8 Å². The SMILES string of the molecule is C=CSc1ncccc1C(=O)N1CCC(CCCCNC(=O)C2C=c3cnccc3=N2)CC1. The number of piperidine rings is 1. The molecule has 172 valence electrons. The fraction of sp³-hybridized carbons (Fsp3) is 0.400. The topological polar surface area (TPSA) is 87.5 Å². The Balaban J connectivity index is 1.14. The number of nitrogens with zero attached hydrogens (tertiary/aromatic N) is 4. The van der Waals surface area contributed by atoms with E-state index in [1.807, 2.05) is 23.1 Å². The van der Waals surface area contributed by atoms with Gasteiger partial charge in [-0.2, -0.15) is 0 Å². The number of unbranched alkanes of at least 4 members (excludes halogenated alkanes) is 1. The molecular formula is C25H29N5O2S. The maximum absolute atomic E-state index is 12.9. The summed E-state index contributed by atoms with van der Waals surface area (Å²) in [7, 11) is 0. The normalized spacial score (nSPS) is 17.6. The van der Waals surface area contributed by atoms with Crippen LogP contribution in [0.15, 0.2) is 58.8 Å². The molecule has 4 rings (SSSR count). The first-order valence-corrected chi connectivity index (χ1v) is 12.3. The summed E-state index contributed by atoms with van der Waals surface area (Å²) in [6.45, 7) is 5.95. The first kappa shape index (κ1) is 23.2. The number of rotatable bonds is 9. The Morgan fingerprint density at radius 1 is 1.21 bits per heavy atom. The molecule has 1 N–H and O–H groups in total. The van der Waals surface area contributed by atoms with Crippen LogP contribution in [0.2, 0.25) is 0 Å². The van der Waals surface area contributed by atoms with Gasteiger partial charge in [0.25, 0.3) is 5.91 Å². The zero-order chi connectivity index (χ0) is 23.0. The number of fused-ring (bicyclic) bond motifs is 1. The van der Waals surface area contributed by atoms with Gasteiger partial charge in [0.15, 0.2) is 0 Å². The molecule has 8 heteroatoms. The lowest BCUT2D eigenvalue weighted by molar-refractivity contribution is -0.121. The molecule has 2 aliphatic heterocycles. The van der Waals surface area contributed by atoms with Crippen LogP contribution >= 0.6 is 11.8 Å². The third-order valence-corrected chi connectivity index (χ3v) is 6.86. The summed E-state index contributed by atoms with van der Waals surface area (Å²) in [6, 6.07) is 5.03. The van der Waals surface area contributed by atoms with Gasteiger partial charge in [0, 0.05) is 43.4 Å². The van der Waals surface area contributed by atoms with E-state index in [0.717, 1.165) is 55.8 Å². The van der Waals surface area contributed by atoms with Crippen LogP contribution in [0.5, 0.6) is 0 Å². The molecule has 0 saturated carbocycles. The summed E-state index contributed by atoms with van der Waals surface area (Å²) in [5.74, 6) is 0.629. The number of amides is 2. The van der Waals surface area contributed by atoms with E-state index in [9.17, 15) is 9.59 Å². The van der Waals surface area contributed by atoms with E-state index in [-0.39, 0.29) is 11.8 Å². The second kappa shape index (κ2) is 11.2. The number of hydrogen-bond acceptors (Lipinski definition) is 6. The van der Waals surface area contributed by atoms with Crippen LogP contribution in [-0.4, -0.2) is 52.4 Å². The van der Waals surface area contributed by atoms with Gasteiger partial charge in [-0.1, -0.05) is 31.2 Å². The van der Waals surface area contributed by atoms with Gasteiger partial charge in [-0.05, 0) is 54.9 Å². The van der Waals surface area contributed by atoms with Crippen LogP contribution in [0.25, 0.3) is 6.08 Å². The minimum Gasteiger partial charge on any atom is -0.354 e. The zero-order valence-electron chi connectivity index (χ0n) is 18.7. The van der Waals surface area contributed by atoms with Crippen LogP contribution in [-0.2, 0) is 4.79 Å². The first-order valence-electron chi connectivity index (χ1n) is 11.4. The number of aromatic nitrogens is 2. The number of carbonyl (C=O) groups is 2. The lowest BCUT2D eigenvalue weighted by Crippen LogP contribution is -2.38. The Morgan fingerprint density at radius 3 is 2.85 bits per heavy atom. The smallest absolute Gasteiger partial charge is 0.256 e. The molecule has 2 aromatic heterocycles. The highest BCUT2D eigenvalue weighted by Crippen LogP contribution is 2.26. The Labute approximate surface area is 198 Å². The summed E-state index contributed by atoms with van der Waals surface area (Å²) in [6.07, 6.45) is 12.2. The lowest BCUT2D eigenvalue weighted by Gasteiger charge is -2.32. The van der Waals surface area contributed by atoms with Crippen molar-refractivity contribution in [2.45, 2.75) is 43.2 Å². The average molecular weight is 464 g/mol. The Kier molecular flexibility index (Phi) is 7.88. The maximum atomic E-state index is 12.9. The standard InChI is InChI=1S/C25H29N5O2S/c1-2-33-24-20(7-5-12-28-24)25(32)30-14-9-18(10-15-30)6-3-4-11-27-23(31)22-16-19-17-26-13-8-21(19)29-22/h2,5,7-8,12-13,16-18,22H,1,3-4,6,9-11,14-15H2,(H,27,31). The van der Waals surface area contributed by atoms with Crippen LogP contribution in [0, 0.1) is 5.92 Å². The molecule has 1 saturated heterocycles. The van der Waals surface area contributed by atoms with Crippen molar-refractivity contribution in [2.24, 2.45) is 10.9 Å². The van der Waals surface area contributed by atoms with Crippen LogP contribution < -0.4 is 15.9 Å². The van der Waals surface area contributed by atoms with Gasteiger partial charge in [-0.25, -0.2) is 4.98 Å². The van der Waals surface area contributed by atoms with Crippen molar-refractivity contribution in [2.75, 3.05) is 19.6 Å². The van der Waals surface area contributed by atoms with Crippen molar-refractivity contribution in [3.05, 3.63) is 64.9 Å². The number of thioether (sulfide) groups is 1. The molecule has 7 nitrogen and oxygen atoms in total. The van der Waals surface area contributed by atoms with Gasteiger partial charge >= 0.3 is 0 Å². The number of hydrogen-bond donors (Lipinski definition) is 1. The van der Waals surface area contributed by atoms with E-state index >= 15 is 0 Å². The molecule has 0 radical (unpaired) electrons. The first-order chi connectivity index (χ1) is 16.2. The van der Waals surface area contributed by atoms with Crippen molar-refractivity contribution in [3.8, 4) is 0 Å². The molecule has 1 fully saturated rings. The fourth-order valence-electron chi connectivity index (χ4n) is 4.33. The zero-order valence-corrected chi connectivity index (χ0v) is 19.5. The third-order valence-electron chi connectivity index (χ3n) is 6.15. The highest BCUT2D eigenvalue weighted by atomic mass is 32.2. The molecule has 0 aromatic carbocycles. The minimum atomic E-state index is -0.448. The van der Waals surface area contributed by atoms with E-state index in [2.05, 4.69) is 26.9 Å². The van der Waals surface area contributed by atoms with E-state index in [4.69, 9.17) is 0 Å². The van der Waals surface area contributed by atoms with Gasteiger partial charge in [-0.3, -0.25) is 19.6 Å². The highest BCUT2D eigenvalue weighted by molar-refractivity contribution is 8.02. The molecule has 2 amide bonds. The summed E-state index contributed by atoms with van der Waals surface area (Å²) in [5.41, 5.74) is 0.655. The number of nitrogens with one attached hydrogen (secondary N) is 1. The predicted octanol–water partition coefficient (Wildman–Crippen LogP) is 2.33. The third kappa shape index (κ3) is 5.87. The molecule has 2 aromatic rings. The molecule has 4 heterocycles. The number of carbonyl (C=O) groups excluding carboxylic acids is 2. The summed E-state index contributed by atoms with van der Waals surface area (Å²) >= 11 is 1.38. The van der Waals surface area contributed by atoms with Crippen molar-refractivity contribution in [3.63, 3.8) is 0 Å². The van der Waals surface area contributed by atoms with Gasteiger partial charge in [0.05, 0.1) is 10.9 Å². The molecular weight excluding hydrogens is 434 g/mol. The monoisotopic (exact) mass is 463 g/mol. The molecule has 0 spiro atoms. The summed E-state index contributed by atoms with van der Waals surface area (Å²) in [4.78, 5) is 40.0. The predicted molar refractivity (Wildman–Crippen MR) is 129 cm³/mol. The Bertz CT molecular complexity index is 1090. The Morgan fingerprint density at radius 2 is 2.06 bits per heavy atom. The number of likely N-dealkylation sites (tertiary alicyclic amines) is 1. The van der Waals surface area contributed by atoms with Gasteiger partial charge < -0.3 is 10.2 Å². The van der Waals surface area contributed by atoms with Crippen molar-refractivity contribution < 1.29 is 9.59 Å². The second-order valence-corrected chi connectivity index (χ2v) is 9.29. The van der Waals surface area contributed by atoms with Crippen LogP contribution in [0.3, 0.4) is 0 Å². The van der Waals surface area contributed by atoms with Crippen LogP contribution in [0.4, 0.5) is 0 Å². The van der Waals surface area contributed by atoms with E-state index in [0.29, 0.717) is 23.1 Å². The lowest BCUT2D eigenvalue weighted by atomic mass is 9.91. The summed E-state index contributed by atoms with van der Waals surface area (Å²) < 4.78 is 0. The largest absolute Gasteiger partial charge is 0.354 e. The maximum Gasteiger partial charge on any atom is 0.256 e.